The minimum absolute atomic E-state index is 0.589. The van der Waals surface area contributed by atoms with Crippen LogP contribution in [0.4, 0.5) is 0 Å². The van der Waals surface area contributed by atoms with Crippen molar-refractivity contribution in [1.29, 1.82) is 0 Å². The lowest BCUT2D eigenvalue weighted by molar-refractivity contribution is 0.107. The van der Waals surface area contributed by atoms with Crippen molar-refractivity contribution in [2.75, 3.05) is 24.7 Å². The summed E-state index contributed by atoms with van der Waals surface area (Å²) in [7, 11) is 4.77. The van der Waals surface area contributed by atoms with Gasteiger partial charge in [0.2, 0.25) is 0 Å². The predicted molar refractivity (Wildman–Crippen MR) is 129 cm³/mol. The van der Waals surface area contributed by atoms with Crippen LogP contribution >= 0.6 is 31.4 Å². The molecule has 0 N–H and O–H groups in total. The highest BCUT2D eigenvalue weighted by Crippen LogP contribution is 2.35. The normalized spacial score (nSPS) is 14.4. The van der Waals surface area contributed by atoms with Crippen molar-refractivity contribution in [2.45, 2.75) is 90.0 Å². The van der Waals surface area contributed by atoms with E-state index in [1.807, 2.05) is 31.4 Å². The molecule has 2 unspecified atom stereocenters. The monoisotopic (exact) mass is 442 g/mol. The lowest BCUT2D eigenvalue weighted by Crippen LogP contribution is -2.27. The minimum Gasteiger partial charge on any atom is -0.382 e. The van der Waals surface area contributed by atoms with Crippen LogP contribution in [0, 0.1) is 0 Å². The standard InChI is InChI=1S/C18H42O2S3Si2/c1-7-19-17(24(3)4)13-9-11-15-21-23-22-16-12-10-14-18(20-8-2)25(5)6/h17-18,24-25H,7-16H2,1-6H3. The molecule has 0 aliphatic carbocycles. The van der Waals surface area contributed by atoms with E-state index in [0.29, 0.717) is 11.5 Å². The molecule has 152 valence electrons. The van der Waals surface area contributed by atoms with Crippen LogP contribution in [-0.4, -0.2) is 53.8 Å². The Morgan fingerprint density at radius 2 is 1.08 bits per heavy atom. The number of rotatable bonds is 18. The van der Waals surface area contributed by atoms with Crippen molar-refractivity contribution in [3.63, 3.8) is 0 Å². The molecule has 0 saturated heterocycles. The Balaban J connectivity index is 3.41. The van der Waals surface area contributed by atoms with Crippen LogP contribution in [0.5, 0.6) is 0 Å². The largest absolute Gasteiger partial charge is 0.382 e. The fourth-order valence-corrected chi connectivity index (χ4v) is 9.73. The Labute approximate surface area is 172 Å². The second kappa shape index (κ2) is 18.8. The molecule has 7 heteroatoms. The highest BCUT2D eigenvalue weighted by Gasteiger charge is 2.14. The van der Waals surface area contributed by atoms with E-state index in [2.05, 4.69) is 40.0 Å². The lowest BCUT2D eigenvalue weighted by atomic mass is 10.2. The quantitative estimate of drug-likeness (QED) is 0.142. The molecular formula is C18H42O2S3Si2. The number of hydrogen-bond donors (Lipinski definition) is 0. The molecule has 0 rings (SSSR count). The third-order valence-corrected chi connectivity index (χ3v) is 12.7. The topological polar surface area (TPSA) is 18.5 Å². The van der Waals surface area contributed by atoms with E-state index >= 15 is 0 Å². The van der Waals surface area contributed by atoms with Crippen LogP contribution in [0.15, 0.2) is 0 Å². The summed E-state index contributed by atoms with van der Waals surface area (Å²) in [5.41, 5.74) is 1.18. The molecule has 0 aromatic carbocycles. The molecule has 0 radical (unpaired) electrons. The molecule has 0 aliphatic rings. The van der Waals surface area contributed by atoms with Gasteiger partial charge in [-0.25, -0.2) is 0 Å². The summed E-state index contributed by atoms with van der Waals surface area (Å²) in [6.45, 7) is 15.6. The summed E-state index contributed by atoms with van der Waals surface area (Å²) < 4.78 is 11.7. The summed E-state index contributed by atoms with van der Waals surface area (Å²) in [4.78, 5) is 0. The van der Waals surface area contributed by atoms with Gasteiger partial charge < -0.3 is 9.47 Å². The molecule has 0 aromatic heterocycles. The molecule has 25 heavy (non-hydrogen) atoms. The van der Waals surface area contributed by atoms with Crippen LogP contribution in [0.3, 0.4) is 0 Å². The van der Waals surface area contributed by atoms with Crippen molar-refractivity contribution < 1.29 is 9.47 Å². The predicted octanol–water partition coefficient (Wildman–Crippen LogP) is 6.22. The van der Waals surface area contributed by atoms with Gasteiger partial charge in [-0.05, 0) is 49.4 Å². The van der Waals surface area contributed by atoms with Crippen LogP contribution in [0.1, 0.15) is 52.4 Å². The maximum absolute atomic E-state index is 5.87. The average molecular weight is 443 g/mol. The van der Waals surface area contributed by atoms with Gasteiger partial charge in [0.25, 0.3) is 0 Å². The molecular weight excluding hydrogens is 401 g/mol. The van der Waals surface area contributed by atoms with E-state index in [0.717, 1.165) is 13.2 Å². The van der Waals surface area contributed by atoms with Crippen LogP contribution < -0.4 is 0 Å². The third kappa shape index (κ3) is 16.1. The second-order valence-corrected chi connectivity index (χ2v) is 18.1. The van der Waals surface area contributed by atoms with E-state index in [1.165, 1.54) is 50.0 Å². The van der Waals surface area contributed by atoms with E-state index in [-0.39, 0.29) is 0 Å². The smallest absolute Gasteiger partial charge is 0.0656 e. The lowest BCUT2D eigenvalue weighted by Gasteiger charge is -2.19. The zero-order valence-corrected chi connectivity index (χ0v) is 22.2. The molecule has 0 saturated carbocycles. The number of unbranched alkanes of at least 4 members (excludes halogenated alkanes) is 2. The fraction of sp³-hybridized carbons (Fsp3) is 1.00. The van der Waals surface area contributed by atoms with Gasteiger partial charge in [0, 0.05) is 36.2 Å². The van der Waals surface area contributed by atoms with Gasteiger partial charge >= 0.3 is 0 Å². The van der Waals surface area contributed by atoms with E-state index < -0.39 is 17.6 Å². The highest BCUT2D eigenvalue weighted by molar-refractivity contribution is 9.09. The fourth-order valence-electron chi connectivity index (χ4n) is 2.76. The van der Waals surface area contributed by atoms with Crippen molar-refractivity contribution in [2.24, 2.45) is 0 Å². The zero-order chi connectivity index (χ0) is 18.9. The molecule has 2 atom stereocenters. The summed E-state index contributed by atoms with van der Waals surface area (Å²) in [5.74, 6) is 2.56. The summed E-state index contributed by atoms with van der Waals surface area (Å²) >= 11 is 0. The van der Waals surface area contributed by atoms with Gasteiger partial charge in [0.05, 0.1) is 17.6 Å². The van der Waals surface area contributed by atoms with E-state index in [9.17, 15) is 0 Å². The van der Waals surface area contributed by atoms with E-state index in [4.69, 9.17) is 9.47 Å². The van der Waals surface area contributed by atoms with Crippen LogP contribution in [-0.2, 0) is 9.47 Å². The summed E-state index contributed by atoms with van der Waals surface area (Å²) in [5, 5.41) is 0. The maximum Gasteiger partial charge on any atom is 0.0656 e. The SMILES string of the molecule is CCOC(CCCCSSSCCCCC(OCC)[SiH](C)C)[SiH](C)C. The third-order valence-electron chi connectivity index (χ3n) is 4.28. The summed E-state index contributed by atoms with van der Waals surface area (Å²) in [6, 6.07) is 0. The average Bonchev–Trinajstić information content (AvgIpc) is 2.57. The van der Waals surface area contributed by atoms with Crippen molar-refractivity contribution in [3.05, 3.63) is 0 Å². The Bertz CT molecular complexity index is 259. The molecule has 0 fully saturated rings. The molecule has 0 aromatic rings. The zero-order valence-electron chi connectivity index (χ0n) is 17.4. The summed E-state index contributed by atoms with van der Waals surface area (Å²) in [6.07, 6.45) is 7.86. The highest BCUT2D eigenvalue weighted by atomic mass is 33.5. The van der Waals surface area contributed by atoms with Gasteiger partial charge in [0.15, 0.2) is 0 Å². The van der Waals surface area contributed by atoms with E-state index in [1.54, 1.807) is 0 Å². The first-order valence-electron chi connectivity index (χ1n) is 10.2. The first-order chi connectivity index (χ1) is 12.0. The molecule has 0 amide bonds. The first kappa shape index (κ1) is 26.4. The maximum atomic E-state index is 5.87. The van der Waals surface area contributed by atoms with Gasteiger partial charge in [-0.3, -0.25) is 0 Å². The number of hydrogen-bond acceptors (Lipinski definition) is 5. The molecule has 0 aliphatic heterocycles. The van der Waals surface area contributed by atoms with Gasteiger partial charge in [-0.1, -0.05) is 60.6 Å². The van der Waals surface area contributed by atoms with Gasteiger partial charge in [0.1, 0.15) is 0 Å². The Morgan fingerprint density at radius 3 is 1.40 bits per heavy atom. The van der Waals surface area contributed by atoms with Gasteiger partial charge in [-0.2, -0.15) is 0 Å². The van der Waals surface area contributed by atoms with Crippen molar-refractivity contribution in [1.82, 2.24) is 0 Å². The van der Waals surface area contributed by atoms with Crippen molar-refractivity contribution in [3.8, 4) is 0 Å². The molecule has 0 bridgehead atoms. The molecule has 0 spiro atoms. The van der Waals surface area contributed by atoms with Crippen LogP contribution in [0.25, 0.3) is 0 Å². The number of ether oxygens (including phenoxy) is 2. The van der Waals surface area contributed by atoms with Crippen molar-refractivity contribution >= 4 is 49.0 Å². The molecule has 0 heterocycles. The first-order valence-corrected chi connectivity index (χ1v) is 19.9. The Morgan fingerprint density at radius 1 is 0.680 bits per heavy atom. The molecule has 2 nitrogen and oxygen atoms in total. The van der Waals surface area contributed by atoms with Gasteiger partial charge in [-0.15, -0.1) is 0 Å². The minimum atomic E-state index is -0.648. The van der Waals surface area contributed by atoms with Crippen LogP contribution in [0.2, 0.25) is 26.2 Å². The second-order valence-electron chi connectivity index (χ2n) is 7.18. The Hall–Kier alpha value is 1.40. The Kier molecular flexibility index (Phi) is 19.8.